The molecule has 0 aliphatic heterocycles. The Kier molecular flexibility index (Phi) is 4.72. The van der Waals surface area contributed by atoms with Crippen molar-refractivity contribution in [2.75, 3.05) is 5.32 Å². The molecule has 1 aromatic heterocycles. The SMILES string of the molecule is CCCn1cncc1CNc1ccccc1OC(F)(F)F. The molecule has 0 amide bonds. The molecule has 21 heavy (non-hydrogen) atoms. The summed E-state index contributed by atoms with van der Waals surface area (Å²) in [6, 6.07) is 5.96. The molecule has 1 N–H and O–H groups in total. The van der Waals surface area contributed by atoms with Crippen molar-refractivity contribution in [2.45, 2.75) is 32.8 Å². The number of aryl methyl sites for hydroxylation is 1. The van der Waals surface area contributed by atoms with Crippen LogP contribution in [0.5, 0.6) is 5.75 Å². The first-order chi connectivity index (χ1) is 9.99. The van der Waals surface area contributed by atoms with Gasteiger partial charge in [-0.05, 0) is 18.6 Å². The second-order valence-electron chi connectivity index (χ2n) is 4.48. The number of halogens is 3. The first kappa shape index (κ1) is 15.2. The maximum atomic E-state index is 12.3. The van der Waals surface area contributed by atoms with E-state index in [2.05, 4.69) is 15.0 Å². The van der Waals surface area contributed by atoms with E-state index in [1.165, 1.54) is 12.1 Å². The number of nitrogens with zero attached hydrogens (tertiary/aromatic N) is 2. The third-order valence-electron chi connectivity index (χ3n) is 2.84. The largest absolute Gasteiger partial charge is 0.573 e. The van der Waals surface area contributed by atoms with E-state index in [4.69, 9.17) is 0 Å². The van der Waals surface area contributed by atoms with Crippen LogP contribution in [0.3, 0.4) is 0 Å². The molecule has 0 aliphatic carbocycles. The lowest BCUT2D eigenvalue weighted by Gasteiger charge is -2.15. The quantitative estimate of drug-likeness (QED) is 0.881. The highest BCUT2D eigenvalue weighted by atomic mass is 19.4. The van der Waals surface area contributed by atoms with Gasteiger partial charge in [-0.3, -0.25) is 0 Å². The van der Waals surface area contributed by atoms with Crippen molar-refractivity contribution in [2.24, 2.45) is 0 Å². The van der Waals surface area contributed by atoms with Crippen LogP contribution < -0.4 is 10.1 Å². The number of hydrogen-bond acceptors (Lipinski definition) is 3. The van der Waals surface area contributed by atoms with Crippen LogP contribution in [0.25, 0.3) is 0 Å². The first-order valence-electron chi connectivity index (χ1n) is 6.57. The molecular weight excluding hydrogens is 283 g/mol. The van der Waals surface area contributed by atoms with Crippen LogP contribution in [0.4, 0.5) is 18.9 Å². The van der Waals surface area contributed by atoms with Crippen LogP contribution in [-0.2, 0) is 13.1 Å². The lowest BCUT2D eigenvalue weighted by Crippen LogP contribution is -2.18. The zero-order chi connectivity index (χ0) is 15.3. The fourth-order valence-corrected chi connectivity index (χ4v) is 1.95. The van der Waals surface area contributed by atoms with Gasteiger partial charge in [0, 0.05) is 12.7 Å². The number of imidazole rings is 1. The smallest absolute Gasteiger partial charge is 0.404 e. The van der Waals surface area contributed by atoms with Gasteiger partial charge in [0.25, 0.3) is 0 Å². The standard InChI is InChI=1S/C14H16F3N3O/c1-2-7-20-10-18-8-11(20)9-19-12-5-3-4-6-13(12)21-14(15,16)17/h3-6,8,10,19H,2,7,9H2,1H3. The van der Waals surface area contributed by atoms with Crippen molar-refractivity contribution in [3.05, 3.63) is 42.5 Å². The number of nitrogens with one attached hydrogen (secondary N) is 1. The van der Waals surface area contributed by atoms with Crippen LogP contribution in [0.1, 0.15) is 19.0 Å². The molecule has 0 bridgehead atoms. The number of hydrogen-bond donors (Lipinski definition) is 1. The van der Waals surface area contributed by atoms with E-state index in [1.807, 2.05) is 11.5 Å². The lowest BCUT2D eigenvalue weighted by molar-refractivity contribution is -0.274. The lowest BCUT2D eigenvalue weighted by atomic mass is 10.3. The van der Waals surface area contributed by atoms with Crippen molar-refractivity contribution in [3.8, 4) is 5.75 Å². The first-order valence-corrected chi connectivity index (χ1v) is 6.57. The number of rotatable bonds is 6. The second-order valence-corrected chi connectivity index (χ2v) is 4.48. The van der Waals surface area contributed by atoms with Gasteiger partial charge in [0.05, 0.1) is 24.3 Å². The van der Waals surface area contributed by atoms with Crippen LogP contribution in [0.2, 0.25) is 0 Å². The van der Waals surface area contributed by atoms with Gasteiger partial charge in [-0.1, -0.05) is 19.1 Å². The molecule has 2 aromatic rings. The van der Waals surface area contributed by atoms with Crippen LogP contribution in [0.15, 0.2) is 36.8 Å². The minimum atomic E-state index is -4.71. The molecule has 0 saturated carbocycles. The van der Waals surface area contributed by atoms with Crippen molar-refractivity contribution in [3.63, 3.8) is 0 Å². The zero-order valence-corrected chi connectivity index (χ0v) is 11.5. The summed E-state index contributed by atoms with van der Waals surface area (Å²) in [5.74, 6) is -0.244. The molecule has 0 saturated heterocycles. The number of ether oxygens (including phenoxy) is 1. The Hall–Kier alpha value is -2.18. The third-order valence-corrected chi connectivity index (χ3v) is 2.84. The van der Waals surface area contributed by atoms with Crippen LogP contribution >= 0.6 is 0 Å². The van der Waals surface area contributed by atoms with E-state index in [1.54, 1.807) is 24.7 Å². The highest BCUT2D eigenvalue weighted by molar-refractivity contribution is 5.56. The van der Waals surface area contributed by atoms with Gasteiger partial charge in [0.15, 0.2) is 5.75 Å². The Balaban J connectivity index is 2.08. The number of anilines is 1. The van der Waals surface area contributed by atoms with Crippen LogP contribution in [0, 0.1) is 0 Å². The van der Waals surface area contributed by atoms with Gasteiger partial charge in [0.1, 0.15) is 0 Å². The Bertz CT molecular complexity index is 581. The van der Waals surface area contributed by atoms with E-state index in [9.17, 15) is 13.2 Å². The predicted octanol–water partition coefficient (Wildman–Crippen LogP) is 3.80. The molecule has 7 heteroatoms. The number of benzene rings is 1. The fourth-order valence-electron chi connectivity index (χ4n) is 1.95. The minimum absolute atomic E-state index is 0.244. The van der Waals surface area contributed by atoms with E-state index < -0.39 is 6.36 Å². The average Bonchev–Trinajstić information content (AvgIpc) is 2.84. The van der Waals surface area contributed by atoms with Gasteiger partial charge in [0.2, 0.25) is 0 Å². The summed E-state index contributed by atoms with van der Waals surface area (Å²) < 4.78 is 43.0. The van der Waals surface area contributed by atoms with Crippen molar-refractivity contribution in [1.29, 1.82) is 0 Å². The molecule has 114 valence electrons. The molecule has 1 heterocycles. The third kappa shape index (κ3) is 4.40. The van der Waals surface area contributed by atoms with E-state index in [0.29, 0.717) is 12.2 Å². The summed E-state index contributed by atoms with van der Waals surface area (Å²) in [5.41, 5.74) is 1.19. The second kappa shape index (κ2) is 6.51. The molecule has 4 nitrogen and oxygen atoms in total. The van der Waals surface area contributed by atoms with Crippen LogP contribution in [-0.4, -0.2) is 15.9 Å². The van der Waals surface area contributed by atoms with Gasteiger partial charge in [-0.2, -0.15) is 0 Å². The summed E-state index contributed by atoms with van der Waals surface area (Å²) in [6.07, 6.45) is -0.354. The molecule has 0 fully saturated rings. The highest BCUT2D eigenvalue weighted by Crippen LogP contribution is 2.30. The summed E-state index contributed by atoms with van der Waals surface area (Å²) in [4.78, 5) is 4.05. The molecular formula is C14H16F3N3O. The summed E-state index contributed by atoms with van der Waals surface area (Å²) in [7, 11) is 0. The maximum Gasteiger partial charge on any atom is 0.573 e. The zero-order valence-electron chi connectivity index (χ0n) is 11.5. The van der Waals surface area contributed by atoms with Crippen molar-refractivity contribution < 1.29 is 17.9 Å². The average molecular weight is 299 g/mol. The predicted molar refractivity (Wildman–Crippen MR) is 73.0 cm³/mol. The van der Waals surface area contributed by atoms with E-state index in [0.717, 1.165) is 18.7 Å². The van der Waals surface area contributed by atoms with E-state index >= 15 is 0 Å². The molecule has 0 radical (unpaired) electrons. The van der Waals surface area contributed by atoms with Gasteiger partial charge < -0.3 is 14.6 Å². The van der Waals surface area contributed by atoms with E-state index in [-0.39, 0.29) is 5.75 Å². The Morgan fingerprint density at radius 1 is 1.29 bits per heavy atom. The van der Waals surface area contributed by atoms with Gasteiger partial charge in [-0.25, -0.2) is 4.98 Å². The maximum absolute atomic E-state index is 12.3. The summed E-state index contributed by atoms with van der Waals surface area (Å²) >= 11 is 0. The van der Waals surface area contributed by atoms with Crippen molar-refractivity contribution >= 4 is 5.69 Å². The Labute approximate surface area is 120 Å². The monoisotopic (exact) mass is 299 g/mol. The molecule has 2 rings (SSSR count). The molecule has 0 unspecified atom stereocenters. The highest BCUT2D eigenvalue weighted by Gasteiger charge is 2.32. The molecule has 0 spiro atoms. The number of aromatic nitrogens is 2. The number of para-hydroxylation sites is 2. The molecule has 1 aromatic carbocycles. The van der Waals surface area contributed by atoms with Gasteiger partial charge >= 0.3 is 6.36 Å². The molecule has 0 aliphatic rings. The normalized spacial score (nSPS) is 11.4. The topological polar surface area (TPSA) is 39.1 Å². The summed E-state index contributed by atoms with van der Waals surface area (Å²) in [6.45, 7) is 3.24. The van der Waals surface area contributed by atoms with Gasteiger partial charge in [-0.15, -0.1) is 13.2 Å². The van der Waals surface area contributed by atoms with Crippen molar-refractivity contribution in [1.82, 2.24) is 9.55 Å². The number of alkyl halides is 3. The minimum Gasteiger partial charge on any atom is -0.404 e. The molecule has 0 atom stereocenters. The fraction of sp³-hybridized carbons (Fsp3) is 0.357. The Morgan fingerprint density at radius 2 is 2.05 bits per heavy atom. The summed E-state index contributed by atoms with van der Waals surface area (Å²) in [5, 5.41) is 2.95. The Morgan fingerprint density at radius 3 is 2.76 bits per heavy atom.